The van der Waals surface area contributed by atoms with Crippen LogP contribution in [0.5, 0.6) is 0 Å². The number of aromatic nitrogens is 2. The van der Waals surface area contributed by atoms with E-state index >= 15 is 0 Å². The van der Waals surface area contributed by atoms with Crippen LogP contribution in [0.15, 0.2) is 0 Å². The number of nitrogen functional groups attached to an aromatic ring is 1. The van der Waals surface area contributed by atoms with Crippen molar-refractivity contribution < 1.29 is 9.53 Å². The molecule has 0 radical (unpaired) electrons. The van der Waals surface area contributed by atoms with Crippen LogP contribution in [0.25, 0.3) is 0 Å². The SMILES string of the molecule is CCOC1CC(NC(=O)c2nnc(N)s2)C1(C)C. The zero-order valence-electron chi connectivity index (χ0n) is 10.8. The van der Waals surface area contributed by atoms with Crippen LogP contribution in [0, 0.1) is 5.41 Å². The lowest BCUT2D eigenvalue weighted by atomic mass is 9.64. The van der Waals surface area contributed by atoms with Gasteiger partial charge in [-0.1, -0.05) is 25.2 Å². The number of carbonyl (C=O) groups is 1. The van der Waals surface area contributed by atoms with Gasteiger partial charge in [0.25, 0.3) is 5.91 Å². The molecule has 1 aromatic heterocycles. The first-order valence-corrected chi connectivity index (χ1v) is 6.78. The van der Waals surface area contributed by atoms with Gasteiger partial charge < -0.3 is 15.8 Å². The zero-order valence-corrected chi connectivity index (χ0v) is 11.6. The summed E-state index contributed by atoms with van der Waals surface area (Å²) >= 11 is 1.10. The van der Waals surface area contributed by atoms with Crippen LogP contribution in [0.1, 0.15) is 37.0 Å². The second kappa shape index (κ2) is 4.81. The Labute approximate surface area is 110 Å². The van der Waals surface area contributed by atoms with Crippen molar-refractivity contribution >= 4 is 22.4 Å². The molecule has 6 nitrogen and oxygen atoms in total. The van der Waals surface area contributed by atoms with Crippen LogP contribution in [-0.4, -0.2) is 34.9 Å². The predicted octanol–water partition coefficient (Wildman–Crippen LogP) is 1.05. The molecule has 1 saturated carbocycles. The number of carbonyl (C=O) groups excluding carboxylic acids is 1. The van der Waals surface area contributed by atoms with E-state index in [1.807, 2.05) is 6.92 Å². The topological polar surface area (TPSA) is 90.1 Å². The number of nitrogens with zero attached hydrogens (tertiary/aromatic N) is 2. The van der Waals surface area contributed by atoms with Crippen LogP contribution < -0.4 is 11.1 Å². The number of nitrogens with one attached hydrogen (secondary N) is 1. The van der Waals surface area contributed by atoms with Crippen molar-refractivity contribution in [3.05, 3.63) is 5.01 Å². The fourth-order valence-electron chi connectivity index (χ4n) is 2.16. The Morgan fingerprint density at radius 3 is 2.83 bits per heavy atom. The van der Waals surface area contributed by atoms with E-state index in [0.717, 1.165) is 17.8 Å². The molecular formula is C11H18N4O2S. The second-order valence-electron chi connectivity index (χ2n) is 4.97. The monoisotopic (exact) mass is 270 g/mol. The molecule has 7 heteroatoms. The number of nitrogens with two attached hydrogens (primary N) is 1. The fraction of sp³-hybridized carbons (Fsp3) is 0.727. The highest BCUT2D eigenvalue weighted by Crippen LogP contribution is 2.42. The van der Waals surface area contributed by atoms with E-state index in [1.165, 1.54) is 0 Å². The molecule has 2 atom stereocenters. The first-order valence-electron chi connectivity index (χ1n) is 5.96. The molecular weight excluding hydrogens is 252 g/mol. The zero-order chi connectivity index (χ0) is 13.3. The van der Waals surface area contributed by atoms with Gasteiger partial charge in [0.05, 0.1) is 6.10 Å². The molecule has 18 heavy (non-hydrogen) atoms. The summed E-state index contributed by atoms with van der Waals surface area (Å²) in [6, 6.07) is 0.103. The van der Waals surface area contributed by atoms with Gasteiger partial charge in [-0.3, -0.25) is 4.79 Å². The summed E-state index contributed by atoms with van der Waals surface area (Å²) in [5.41, 5.74) is 5.40. The van der Waals surface area contributed by atoms with Crippen LogP contribution in [-0.2, 0) is 4.74 Å². The Kier molecular flexibility index (Phi) is 3.54. The van der Waals surface area contributed by atoms with E-state index in [4.69, 9.17) is 10.5 Å². The number of amides is 1. The highest BCUT2D eigenvalue weighted by Gasteiger charge is 2.49. The standard InChI is InChI=1S/C11H18N4O2S/c1-4-17-7-5-6(11(7,2)3)13-8(16)9-14-15-10(12)18-9/h6-7H,4-5H2,1-3H3,(H2,12,15)(H,13,16). The first-order chi connectivity index (χ1) is 8.45. The highest BCUT2D eigenvalue weighted by molar-refractivity contribution is 7.16. The van der Waals surface area contributed by atoms with Crippen molar-refractivity contribution in [1.82, 2.24) is 15.5 Å². The van der Waals surface area contributed by atoms with Crippen LogP contribution in [0.3, 0.4) is 0 Å². The van der Waals surface area contributed by atoms with Crippen molar-refractivity contribution in [1.29, 1.82) is 0 Å². The van der Waals surface area contributed by atoms with E-state index in [1.54, 1.807) is 0 Å². The van der Waals surface area contributed by atoms with E-state index in [2.05, 4.69) is 29.4 Å². The number of rotatable bonds is 4. The van der Waals surface area contributed by atoms with Gasteiger partial charge in [0.1, 0.15) is 0 Å². The minimum atomic E-state index is -0.211. The predicted molar refractivity (Wildman–Crippen MR) is 69.4 cm³/mol. The van der Waals surface area contributed by atoms with Gasteiger partial charge in [0.15, 0.2) is 0 Å². The quantitative estimate of drug-likeness (QED) is 0.853. The lowest BCUT2D eigenvalue weighted by Crippen LogP contribution is -2.62. The van der Waals surface area contributed by atoms with Crippen LogP contribution in [0.4, 0.5) is 5.13 Å². The largest absolute Gasteiger partial charge is 0.378 e. The Morgan fingerprint density at radius 1 is 1.61 bits per heavy atom. The van der Waals surface area contributed by atoms with Gasteiger partial charge >= 0.3 is 0 Å². The van der Waals surface area contributed by atoms with Gasteiger partial charge in [0.2, 0.25) is 10.1 Å². The third kappa shape index (κ3) is 2.32. The summed E-state index contributed by atoms with van der Waals surface area (Å²) in [5, 5.41) is 10.9. The maximum Gasteiger partial charge on any atom is 0.282 e. The summed E-state index contributed by atoms with van der Waals surface area (Å²) in [6.45, 7) is 6.86. The van der Waals surface area contributed by atoms with Crippen LogP contribution >= 0.6 is 11.3 Å². The normalized spacial score (nSPS) is 25.5. The molecule has 1 aromatic rings. The van der Waals surface area contributed by atoms with E-state index < -0.39 is 0 Å². The molecule has 1 aliphatic rings. The molecule has 2 rings (SSSR count). The summed E-state index contributed by atoms with van der Waals surface area (Å²) in [6.07, 6.45) is 1.04. The third-order valence-corrected chi connectivity index (χ3v) is 4.24. The Bertz CT molecular complexity index is 446. The molecule has 1 fully saturated rings. The van der Waals surface area contributed by atoms with Crippen molar-refractivity contribution in [2.75, 3.05) is 12.3 Å². The van der Waals surface area contributed by atoms with Crippen molar-refractivity contribution in [2.45, 2.75) is 39.3 Å². The summed E-state index contributed by atoms with van der Waals surface area (Å²) in [7, 11) is 0. The molecule has 0 aliphatic heterocycles. The first kappa shape index (κ1) is 13.2. The molecule has 0 bridgehead atoms. The lowest BCUT2D eigenvalue weighted by Gasteiger charge is -2.51. The Balaban J connectivity index is 1.94. The number of ether oxygens (including phenoxy) is 1. The van der Waals surface area contributed by atoms with Gasteiger partial charge in [-0.2, -0.15) is 0 Å². The molecule has 2 unspecified atom stereocenters. The maximum absolute atomic E-state index is 11.9. The summed E-state index contributed by atoms with van der Waals surface area (Å²) in [4.78, 5) is 11.9. The number of hydrogen-bond acceptors (Lipinski definition) is 6. The molecule has 1 aliphatic carbocycles. The summed E-state index contributed by atoms with van der Waals surface area (Å²) < 4.78 is 5.62. The van der Waals surface area contributed by atoms with E-state index in [-0.39, 0.29) is 23.5 Å². The minimum Gasteiger partial charge on any atom is -0.378 e. The van der Waals surface area contributed by atoms with Crippen LogP contribution in [0.2, 0.25) is 0 Å². The average Bonchev–Trinajstić information content (AvgIpc) is 2.74. The lowest BCUT2D eigenvalue weighted by molar-refractivity contribution is -0.111. The average molecular weight is 270 g/mol. The number of hydrogen-bond donors (Lipinski definition) is 2. The molecule has 1 amide bonds. The van der Waals surface area contributed by atoms with E-state index in [9.17, 15) is 4.79 Å². The van der Waals surface area contributed by atoms with Crippen molar-refractivity contribution in [3.63, 3.8) is 0 Å². The highest BCUT2D eigenvalue weighted by atomic mass is 32.1. The minimum absolute atomic E-state index is 0.0537. The summed E-state index contributed by atoms with van der Waals surface area (Å²) in [5.74, 6) is -0.211. The molecule has 1 heterocycles. The smallest absolute Gasteiger partial charge is 0.282 e. The Hall–Kier alpha value is -1.21. The maximum atomic E-state index is 11.9. The molecule has 3 N–H and O–H groups in total. The van der Waals surface area contributed by atoms with Crippen molar-refractivity contribution in [2.24, 2.45) is 5.41 Å². The molecule has 0 spiro atoms. The fourth-order valence-corrected chi connectivity index (χ4v) is 2.67. The molecule has 100 valence electrons. The van der Waals surface area contributed by atoms with E-state index in [0.29, 0.717) is 16.7 Å². The van der Waals surface area contributed by atoms with Gasteiger partial charge in [-0.25, -0.2) is 0 Å². The Morgan fingerprint density at radius 2 is 2.33 bits per heavy atom. The molecule has 0 saturated heterocycles. The van der Waals surface area contributed by atoms with Crippen molar-refractivity contribution in [3.8, 4) is 0 Å². The third-order valence-electron chi connectivity index (χ3n) is 3.49. The van der Waals surface area contributed by atoms with Gasteiger partial charge in [-0.15, -0.1) is 10.2 Å². The second-order valence-corrected chi connectivity index (χ2v) is 5.98. The number of anilines is 1. The van der Waals surface area contributed by atoms with Gasteiger partial charge in [0, 0.05) is 18.1 Å². The van der Waals surface area contributed by atoms with Gasteiger partial charge in [-0.05, 0) is 13.3 Å². The molecule has 0 aromatic carbocycles.